The van der Waals surface area contributed by atoms with E-state index in [0.29, 0.717) is 26.3 Å². The number of nitrogens with one attached hydrogen (secondary N) is 1. The molecule has 2 aromatic heterocycles. The predicted molar refractivity (Wildman–Crippen MR) is 147 cm³/mol. The minimum absolute atomic E-state index is 0.251. The van der Waals surface area contributed by atoms with Crippen LogP contribution in [0.25, 0.3) is 0 Å². The number of fused-ring (bicyclic) bond motifs is 2. The Balaban J connectivity index is 1.38. The summed E-state index contributed by atoms with van der Waals surface area (Å²) in [5, 5.41) is 4.87. The number of aromatic nitrogens is 1. The van der Waals surface area contributed by atoms with Crippen LogP contribution in [0.1, 0.15) is 15.7 Å². The highest BCUT2D eigenvalue weighted by Gasteiger charge is 2.57. The Morgan fingerprint density at radius 3 is 2.42 bits per heavy atom. The number of thiophene rings is 1. The number of thiazole rings is 1. The highest BCUT2D eigenvalue weighted by atomic mass is 35.5. The topological polar surface area (TPSA) is 88.5 Å². The van der Waals surface area contributed by atoms with Gasteiger partial charge in [-0.25, -0.2) is 9.29 Å². The van der Waals surface area contributed by atoms with E-state index in [4.69, 9.17) is 11.6 Å². The molecule has 4 aromatic rings. The number of anilines is 2. The van der Waals surface area contributed by atoms with Gasteiger partial charge in [-0.2, -0.15) is 0 Å². The van der Waals surface area contributed by atoms with Crippen molar-refractivity contribution in [1.29, 1.82) is 0 Å². The van der Waals surface area contributed by atoms with E-state index < -0.39 is 40.6 Å². The Morgan fingerprint density at radius 1 is 1.00 bits per heavy atom. The van der Waals surface area contributed by atoms with Crippen LogP contribution in [0.3, 0.4) is 0 Å². The number of carbonyl (C=O) groups is 3. The Hall–Kier alpha value is -3.25. The molecule has 0 aliphatic carbocycles. The molecule has 2 aromatic carbocycles. The molecule has 3 amide bonds. The van der Waals surface area contributed by atoms with Crippen LogP contribution in [0.5, 0.6) is 0 Å². The lowest BCUT2D eigenvalue weighted by molar-refractivity contribution is -0.122. The molecule has 6 rings (SSSR count). The van der Waals surface area contributed by atoms with Crippen LogP contribution in [0.4, 0.5) is 15.8 Å². The molecular weight excluding hydrogens is 569 g/mol. The van der Waals surface area contributed by atoms with E-state index in [1.165, 1.54) is 40.2 Å². The van der Waals surface area contributed by atoms with Crippen molar-refractivity contribution in [2.24, 2.45) is 5.92 Å². The third-order valence-corrected chi connectivity index (χ3v) is 10.2. The number of benzene rings is 2. The molecular formula is C26H17ClFN3O4S3. The highest BCUT2D eigenvalue weighted by molar-refractivity contribution is 8.00. The fourth-order valence-corrected chi connectivity index (χ4v) is 8.60. The first-order chi connectivity index (χ1) is 18.3. The summed E-state index contributed by atoms with van der Waals surface area (Å²) in [4.78, 5) is 55.5. The van der Waals surface area contributed by atoms with Crippen molar-refractivity contribution in [2.75, 3.05) is 10.2 Å². The summed E-state index contributed by atoms with van der Waals surface area (Å²) >= 11 is 9.48. The first-order valence-corrected chi connectivity index (χ1v) is 14.4. The van der Waals surface area contributed by atoms with Crippen molar-refractivity contribution >= 4 is 75.1 Å². The van der Waals surface area contributed by atoms with E-state index in [-0.39, 0.29) is 11.4 Å². The standard InChI is InChI=1S/C26H17ClFN3O4S3/c27-13-3-7-15(8-4-13)29-18(32)12-30-25-22(38-26(30)35)19(17-2-1-11-36-17)20-21(37-25)24(34)31(23(20)33)16-9-5-14(28)6-10-16/h1-11,19-21H,12H2,(H,29,32). The second-order valence-corrected chi connectivity index (χ2v) is 12.3. The molecule has 192 valence electrons. The Morgan fingerprint density at radius 2 is 1.74 bits per heavy atom. The van der Waals surface area contributed by atoms with Crippen molar-refractivity contribution in [3.63, 3.8) is 0 Å². The van der Waals surface area contributed by atoms with Crippen molar-refractivity contribution in [2.45, 2.75) is 22.7 Å². The minimum atomic E-state index is -0.799. The predicted octanol–water partition coefficient (Wildman–Crippen LogP) is 5.20. The van der Waals surface area contributed by atoms with Crippen molar-refractivity contribution in [3.05, 3.63) is 96.3 Å². The number of nitrogens with zero attached hydrogens (tertiary/aromatic N) is 2. The first kappa shape index (κ1) is 25.1. The van der Waals surface area contributed by atoms with Crippen LogP contribution in [0.15, 0.2) is 75.9 Å². The molecule has 0 bridgehead atoms. The summed E-state index contributed by atoms with van der Waals surface area (Å²) in [6.45, 7) is -0.251. The van der Waals surface area contributed by atoms with Crippen LogP contribution in [-0.4, -0.2) is 27.5 Å². The van der Waals surface area contributed by atoms with Crippen LogP contribution in [0, 0.1) is 11.7 Å². The van der Waals surface area contributed by atoms with Crippen LogP contribution in [0.2, 0.25) is 5.02 Å². The average molecular weight is 586 g/mol. The van der Waals surface area contributed by atoms with Gasteiger partial charge in [0.2, 0.25) is 17.7 Å². The number of carbonyl (C=O) groups excluding carboxylic acids is 3. The largest absolute Gasteiger partial charge is 0.325 e. The van der Waals surface area contributed by atoms with E-state index in [2.05, 4.69) is 5.32 Å². The number of rotatable bonds is 5. The molecule has 3 atom stereocenters. The molecule has 0 spiro atoms. The number of amides is 3. The van der Waals surface area contributed by atoms with E-state index >= 15 is 0 Å². The van der Waals surface area contributed by atoms with Gasteiger partial charge in [0.15, 0.2) is 0 Å². The molecule has 2 aliphatic rings. The second-order valence-electron chi connectivity index (χ2n) is 8.72. The molecule has 1 N–H and O–H groups in total. The number of hydrogen-bond donors (Lipinski definition) is 1. The van der Waals surface area contributed by atoms with Gasteiger partial charge in [0.25, 0.3) is 0 Å². The quantitative estimate of drug-likeness (QED) is 0.325. The van der Waals surface area contributed by atoms with E-state index in [9.17, 15) is 23.6 Å². The van der Waals surface area contributed by atoms with Gasteiger partial charge in [0.05, 0.1) is 16.6 Å². The summed E-state index contributed by atoms with van der Waals surface area (Å²) < 4.78 is 14.9. The third-order valence-electron chi connectivity index (χ3n) is 6.41. The Labute approximate surface area is 232 Å². The molecule has 0 saturated carbocycles. The van der Waals surface area contributed by atoms with Crippen molar-refractivity contribution in [1.82, 2.24) is 4.57 Å². The molecule has 3 unspecified atom stereocenters. The van der Waals surface area contributed by atoms with Gasteiger partial charge in [-0.3, -0.25) is 23.7 Å². The SMILES string of the molecule is O=C(Cn1c2c(sc1=O)C(c1cccs1)C1C(=O)N(c3ccc(F)cc3)C(=O)C1S2)Nc1ccc(Cl)cc1. The van der Waals surface area contributed by atoms with Gasteiger partial charge in [0.1, 0.15) is 17.6 Å². The molecule has 12 heteroatoms. The number of thioether (sulfide) groups is 1. The normalized spacial score (nSPS) is 20.4. The second kappa shape index (κ2) is 9.81. The lowest BCUT2D eigenvalue weighted by Gasteiger charge is -2.29. The van der Waals surface area contributed by atoms with Gasteiger partial charge in [-0.05, 0) is 60.0 Å². The highest BCUT2D eigenvalue weighted by Crippen LogP contribution is 2.54. The number of hydrogen-bond acceptors (Lipinski definition) is 7. The summed E-state index contributed by atoms with van der Waals surface area (Å²) in [7, 11) is 0. The van der Waals surface area contributed by atoms with Gasteiger partial charge in [-0.15, -0.1) is 11.3 Å². The monoisotopic (exact) mass is 585 g/mol. The first-order valence-electron chi connectivity index (χ1n) is 11.4. The van der Waals surface area contributed by atoms with E-state index in [0.717, 1.165) is 32.9 Å². The molecule has 1 saturated heterocycles. The minimum Gasteiger partial charge on any atom is -0.325 e. The van der Waals surface area contributed by atoms with Crippen LogP contribution in [-0.2, 0) is 20.9 Å². The maximum absolute atomic E-state index is 13.7. The van der Waals surface area contributed by atoms with Gasteiger partial charge in [0, 0.05) is 26.4 Å². The summed E-state index contributed by atoms with van der Waals surface area (Å²) in [6.07, 6.45) is 0. The molecule has 4 heterocycles. The van der Waals surface area contributed by atoms with Crippen LogP contribution < -0.4 is 15.1 Å². The zero-order valence-electron chi connectivity index (χ0n) is 19.3. The van der Waals surface area contributed by atoms with E-state index in [1.807, 2.05) is 17.5 Å². The Bertz CT molecular complexity index is 1620. The summed E-state index contributed by atoms with van der Waals surface area (Å²) in [5.41, 5.74) is 0.830. The van der Waals surface area contributed by atoms with Gasteiger partial charge >= 0.3 is 4.87 Å². The fraction of sp³-hybridized carbons (Fsp3) is 0.154. The zero-order valence-corrected chi connectivity index (χ0v) is 22.5. The average Bonchev–Trinajstić information content (AvgIpc) is 3.59. The van der Waals surface area contributed by atoms with Crippen molar-refractivity contribution in [3.8, 4) is 0 Å². The van der Waals surface area contributed by atoms with Crippen molar-refractivity contribution < 1.29 is 18.8 Å². The van der Waals surface area contributed by atoms with Gasteiger partial charge in [-0.1, -0.05) is 40.8 Å². The van der Waals surface area contributed by atoms with Gasteiger partial charge < -0.3 is 5.32 Å². The third kappa shape index (κ3) is 4.29. The van der Waals surface area contributed by atoms with Crippen LogP contribution >= 0.6 is 46.0 Å². The maximum Gasteiger partial charge on any atom is 0.308 e. The molecule has 2 aliphatic heterocycles. The lowest BCUT2D eigenvalue weighted by Crippen LogP contribution is -2.32. The molecule has 7 nitrogen and oxygen atoms in total. The maximum atomic E-state index is 13.7. The summed E-state index contributed by atoms with van der Waals surface area (Å²) in [6, 6.07) is 15.6. The lowest BCUT2D eigenvalue weighted by atomic mass is 9.87. The van der Waals surface area contributed by atoms with E-state index in [1.54, 1.807) is 24.3 Å². The molecule has 0 radical (unpaired) electrons. The fourth-order valence-electron chi connectivity index (χ4n) is 4.75. The molecule has 38 heavy (non-hydrogen) atoms. The Kier molecular flexibility index (Phi) is 6.47. The zero-order chi connectivity index (χ0) is 26.6. The number of halogens is 2. The number of imide groups is 1. The molecule has 1 fully saturated rings. The smallest absolute Gasteiger partial charge is 0.308 e. The summed E-state index contributed by atoms with van der Waals surface area (Å²) in [5.74, 6) is -2.96.